The minimum Gasteiger partial charge on any atom is -0.469 e. The van der Waals surface area contributed by atoms with Crippen LogP contribution >= 0.6 is 11.3 Å². The SMILES string of the molecule is Cc1occc1C(=O)Nc1nc(CC(=O)N(Cc2ccc(F)cc2)C2CC2)cs1. The lowest BCUT2D eigenvalue weighted by Crippen LogP contribution is -2.33. The summed E-state index contributed by atoms with van der Waals surface area (Å²) in [5.41, 5.74) is 1.97. The molecule has 4 rings (SSSR count). The van der Waals surface area contributed by atoms with Crippen molar-refractivity contribution in [3.8, 4) is 0 Å². The van der Waals surface area contributed by atoms with Crippen molar-refractivity contribution in [1.82, 2.24) is 9.88 Å². The molecule has 1 fully saturated rings. The number of hydrogen-bond acceptors (Lipinski definition) is 5. The standard InChI is InChI=1S/C21H20FN3O3S/c1-13-18(8-9-28-13)20(27)24-21-23-16(12-29-21)10-19(26)25(17-6-7-17)11-14-2-4-15(22)5-3-14/h2-5,8-9,12,17H,6-7,10-11H2,1H3,(H,23,24,27). The number of aryl methyl sites for hydroxylation is 1. The Morgan fingerprint density at radius 1 is 1.28 bits per heavy atom. The maximum absolute atomic E-state index is 13.1. The molecule has 0 spiro atoms. The second kappa shape index (κ2) is 8.16. The van der Waals surface area contributed by atoms with E-state index in [9.17, 15) is 14.0 Å². The zero-order chi connectivity index (χ0) is 20.4. The molecule has 1 aliphatic carbocycles. The lowest BCUT2D eigenvalue weighted by atomic mass is 10.2. The number of thiazole rings is 1. The van der Waals surface area contributed by atoms with Gasteiger partial charge in [-0.15, -0.1) is 11.3 Å². The molecular weight excluding hydrogens is 393 g/mol. The normalized spacial score (nSPS) is 13.3. The van der Waals surface area contributed by atoms with Crippen LogP contribution in [0.3, 0.4) is 0 Å². The highest BCUT2D eigenvalue weighted by Gasteiger charge is 2.32. The summed E-state index contributed by atoms with van der Waals surface area (Å²) in [6, 6.07) is 8.04. The van der Waals surface area contributed by atoms with Crippen LogP contribution in [0.15, 0.2) is 46.4 Å². The first-order valence-corrected chi connectivity index (χ1v) is 10.2. The Balaban J connectivity index is 1.39. The van der Waals surface area contributed by atoms with Gasteiger partial charge in [0.1, 0.15) is 11.6 Å². The van der Waals surface area contributed by atoms with Crippen LogP contribution < -0.4 is 5.32 Å². The number of nitrogens with one attached hydrogen (secondary N) is 1. The quantitative estimate of drug-likeness (QED) is 0.631. The molecule has 2 heterocycles. The lowest BCUT2D eigenvalue weighted by Gasteiger charge is -2.22. The average Bonchev–Trinajstić information content (AvgIpc) is 3.30. The number of aromatic nitrogens is 1. The molecule has 150 valence electrons. The Morgan fingerprint density at radius 2 is 2.03 bits per heavy atom. The summed E-state index contributed by atoms with van der Waals surface area (Å²) < 4.78 is 18.3. The van der Waals surface area contributed by atoms with Gasteiger partial charge in [-0.05, 0) is 43.5 Å². The van der Waals surface area contributed by atoms with Gasteiger partial charge in [0.25, 0.3) is 5.91 Å². The highest BCUT2D eigenvalue weighted by molar-refractivity contribution is 7.14. The zero-order valence-corrected chi connectivity index (χ0v) is 16.7. The first-order valence-electron chi connectivity index (χ1n) is 9.33. The van der Waals surface area contributed by atoms with Crippen molar-refractivity contribution in [3.63, 3.8) is 0 Å². The maximum Gasteiger partial charge on any atom is 0.260 e. The van der Waals surface area contributed by atoms with E-state index in [0.29, 0.717) is 28.7 Å². The maximum atomic E-state index is 13.1. The Labute approximate surface area is 171 Å². The van der Waals surface area contributed by atoms with E-state index in [0.717, 1.165) is 18.4 Å². The summed E-state index contributed by atoms with van der Waals surface area (Å²) in [5.74, 6) is -0.0684. The second-order valence-corrected chi connectivity index (χ2v) is 7.90. The Kier molecular flexibility index (Phi) is 5.44. The van der Waals surface area contributed by atoms with Crippen LogP contribution in [-0.2, 0) is 17.8 Å². The van der Waals surface area contributed by atoms with Gasteiger partial charge in [-0.3, -0.25) is 14.9 Å². The van der Waals surface area contributed by atoms with E-state index in [1.807, 2.05) is 4.90 Å². The molecule has 0 bridgehead atoms. The van der Waals surface area contributed by atoms with E-state index >= 15 is 0 Å². The second-order valence-electron chi connectivity index (χ2n) is 7.04. The fraction of sp³-hybridized carbons (Fsp3) is 0.286. The van der Waals surface area contributed by atoms with Gasteiger partial charge in [-0.25, -0.2) is 9.37 Å². The van der Waals surface area contributed by atoms with E-state index in [2.05, 4.69) is 10.3 Å². The van der Waals surface area contributed by atoms with Crippen LogP contribution in [0.1, 0.15) is 40.2 Å². The first-order chi connectivity index (χ1) is 14.0. The Morgan fingerprint density at radius 3 is 2.69 bits per heavy atom. The van der Waals surface area contributed by atoms with Crippen LogP contribution in [0.25, 0.3) is 0 Å². The van der Waals surface area contributed by atoms with Gasteiger partial charge in [-0.2, -0.15) is 0 Å². The third-order valence-corrected chi connectivity index (χ3v) is 5.59. The van der Waals surface area contributed by atoms with Gasteiger partial charge in [-0.1, -0.05) is 12.1 Å². The number of benzene rings is 1. The van der Waals surface area contributed by atoms with Gasteiger partial charge in [0.05, 0.1) is 23.9 Å². The van der Waals surface area contributed by atoms with Crippen LogP contribution in [0, 0.1) is 12.7 Å². The number of nitrogens with zero attached hydrogens (tertiary/aromatic N) is 2. The molecule has 1 N–H and O–H groups in total. The van der Waals surface area contributed by atoms with E-state index in [1.165, 1.54) is 29.7 Å². The highest BCUT2D eigenvalue weighted by atomic mass is 32.1. The monoisotopic (exact) mass is 413 g/mol. The fourth-order valence-electron chi connectivity index (χ4n) is 3.08. The van der Waals surface area contributed by atoms with Crippen molar-refractivity contribution >= 4 is 28.3 Å². The van der Waals surface area contributed by atoms with E-state index in [4.69, 9.17) is 4.42 Å². The van der Waals surface area contributed by atoms with Crippen LogP contribution in [-0.4, -0.2) is 27.7 Å². The lowest BCUT2D eigenvalue weighted by molar-refractivity contribution is -0.131. The van der Waals surface area contributed by atoms with Gasteiger partial charge in [0, 0.05) is 18.0 Å². The number of hydrogen-bond donors (Lipinski definition) is 1. The van der Waals surface area contributed by atoms with Crippen LogP contribution in [0.5, 0.6) is 0 Å². The molecule has 1 saturated carbocycles. The van der Waals surface area contributed by atoms with Crippen molar-refractivity contribution in [1.29, 1.82) is 0 Å². The number of carbonyl (C=O) groups excluding carboxylic acids is 2. The molecule has 29 heavy (non-hydrogen) atoms. The van der Waals surface area contributed by atoms with Crippen molar-refractivity contribution in [3.05, 3.63) is 70.4 Å². The van der Waals surface area contributed by atoms with Crippen molar-refractivity contribution in [2.45, 2.75) is 38.8 Å². The van der Waals surface area contributed by atoms with Crippen LogP contribution in [0.4, 0.5) is 9.52 Å². The molecule has 0 atom stereocenters. The Bertz CT molecular complexity index is 1020. The number of carbonyl (C=O) groups is 2. The van der Waals surface area contributed by atoms with Crippen molar-refractivity contribution in [2.75, 3.05) is 5.32 Å². The predicted octanol–water partition coefficient (Wildman–Crippen LogP) is 4.17. The van der Waals surface area contributed by atoms with Crippen LogP contribution in [0.2, 0.25) is 0 Å². The largest absolute Gasteiger partial charge is 0.469 e. The molecule has 0 saturated heterocycles. The van der Waals surface area contributed by atoms with Gasteiger partial charge in [0.2, 0.25) is 5.91 Å². The third-order valence-electron chi connectivity index (χ3n) is 4.78. The smallest absolute Gasteiger partial charge is 0.260 e. The first kappa shape index (κ1) is 19.3. The summed E-state index contributed by atoms with van der Waals surface area (Å²) in [6.45, 7) is 2.17. The number of furan rings is 1. The number of anilines is 1. The molecule has 8 heteroatoms. The number of rotatable bonds is 7. The molecule has 3 aromatic rings. The van der Waals surface area contributed by atoms with E-state index in [-0.39, 0.29) is 30.1 Å². The molecule has 0 aliphatic heterocycles. The molecule has 1 aromatic carbocycles. The fourth-order valence-corrected chi connectivity index (χ4v) is 3.79. The minimum absolute atomic E-state index is 0.0225. The molecule has 2 amide bonds. The van der Waals surface area contributed by atoms with E-state index in [1.54, 1.807) is 30.5 Å². The summed E-state index contributed by atoms with van der Waals surface area (Å²) in [5, 5.41) is 4.95. The third kappa shape index (κ3) is 4.71. The molecule has 2 aromatic heterocycles. The van der Waals surface area contributed by atoms with E-state index < -0.39 is 0 Å². The van der Waals surface area contributed by atoms with Gasteiger partial charge in [0.15, 0.2) is 5.13 Å². The predicted molar refractivity (Wildman–Crippen MR) is 107 cm³/mol. The van der Waals surface area contributed by atoms with Gasteiger partial charge >= 0.3 is 0 Å². The summed E-state index contributed by atoms with van der Waals surface area (Å²) in [6.07, 6.45) is 3.59. The molecule has 1 aliphatic rings. The molecule has 6 nitrogen and oxygen atoms in total. The summed E-state index contributed by atoms with van der Waals surface area (Å²) in [4.78, 5) is 31.3. The highest BCUT2D eigenvalue weighted by Crippen LogP contribution is 2.29. The molecular formula is C21H20FN3O3S. The zero-order valence-electron chi connectivity index (χ0n) is 15.9. The number of amides is 2. The van der Waals surface area contributed by atoms with Crippen molar-refractivity contribution < 1.29 is 18.4 Å². The topological polar surface area (TPSA) is 75.4 Å². The minimum atomic E-state index is -0.292. The van der Waals surface area contributed by atoms with Crippen molar-refractivity contribution in [2.24, 2.45) is 0 Å². The van der Waals surface area contributed by atoms with Gasteiger partial charge < -0.3 is 9.32 Å². The molecule has 0 unspecified atom stereocenters. The number of halogens is 1. The summed E-state index contributed by atoms with van der Waals surface area (Å²) >= 11 is 1.28. The average molecular weight is 413 g/mol. The Hall–Kier alpha value is -3.00. The molecule has 0 radical (unpaired) electrons. The summed E-state index contributed by atoms with van der Waals surface area (Å²) in [7, 11) is 0.